The van der Waals surface area contributed by atoms with Gasteiger partial charge in [0.25, 0.3) is 0 Å². The summed E-state index contributed by atoms with van der Waals surface area (Å²) in [5.74, 6) is 1.85. The van der Waals surface area contributed by atoms with Gasteiger partial charge in [-0.3, -0.25) is 14.7 Å². The van der Waals surface area contributed by atoms with Gasteiger partial charge in [0.05, 0.1) is 19.7 Å². The standard InChI is InChI=1S/C26H35N5O2.HI/c1-3-27-26(28-17-20-16-25(32)30-23-9-5-4-8-22(20)23)29-18-24(31-14-6-7-15-31)19-10-12-21(33-2)13-11-19;/h4-5,8-13,20,24H,3,6-7,14-18H2,1-2H3,(H,30,32)(H2,27,28,29);1H. The van der Waals surface area contributed by atoms with Gasteiger partial charge >= 0.3 is 0 Å². The molecule has 3 N–H and O–H groups in total. The number of fused-ring (bicyclic) bond motifs is 1. The lowest BCUT2D eigenvalue weighted by atomic mass is 9.90. The molecule has 0 radical (unpaired) electrons. The minimum atomic E-state index is 0. The van der Waals surface area contributed by atoms with Gasteiger partial charge in [0.2, 0.25) is 5.91 Å². The van der Waals surface area contributed by atoms with E-state index < -0.39 is 0 Å². The van der Waals surface area contributed by atoms with Crippen molar-refractivity contribution in [3.8, 4) is 5.75 Å². The first-order valence-electron chi connectivity index (χ1n) is 12.0. The molecular formula is C26H36IN5O2. The monoisotopic (exact) mass is 577 g/mol. The highest BCUT2D eigenvalue weighted by atomic mass is 127. The fraction of sp³-hybridized carbons (Fsp3) is 0.462. The molecule has 0 saturated carbocycles. The Morgan fingerprint density at radius 1 is 1.15 bits per heavy atom. The number of amides is 1. The van der Waals surface area contributed by atoms with E-state index in [4.69, 9.17) is 9.73 Å². The van der Waals surface area contributed by atoms with Crippen molar-refractivity contribution >= 4 is 41.5 Å². The maximum Gasteiger partial charge on any atom is 0.225 e. The van der Waals surface area contributed by atoms with E-state index in [-0.39, 0.29) is 41.8 Å². The first kappa shape index (κ1) is 26.3. The zero-order valence-corrected chi connectivity index (χ0v) is 22.4. The van der Waals surface area contributed by atoms with E-state index in [1.807, 2.05) is 30.3 Å². The summed E-state index contributed by atoms with van der Waals surface area (Å²) in [5.41, 5.74) is 3.35. The van der Waals surface area contributed by atoms with E-state index in [0.29, 0.717) is 19.5 Å². The van der Waals surface area contributed by atoms with Gasteiger partial charge in [-0.05, 0) is 62.2 Å². The first-order chi connectivity index (χ1) is 16.2. The third kappa shape index (κ3) is 6.63. The number of para-hydroxylation sites is 1. The van der Waals surface area contributed by atoms with Crippen LogP contribution in [0.1, 0.15) is 49.3 Å². The number of hydrogen-bond acceptors (Lipinski definition) is 4. The molecule has 0 aromatic heterocycles. The molecule has 0 aliphatic carbocycles. The summed E-state index contributed by atoms with van der Waals surface area (Å²) in [6.07, 6.45) is 2.95. The van der Waals surface area contributed by atoms with Gasteiger partial charge in [-0.25, -0.2) is 0 Å². The largest absolute Gasteiger partial charge is 0.497 e. The molecule has 1 saturated heterocycles. The quantitative estimate of drug-likeness (QED) is 0.250. The van der Waals surface area contributed by atoms with E-state index in [2.05, 4.69) is 46.0 Å². The summed E-state index contributed by atoms with van der Waals surface area (Å²) in [7, 11) is 1.69. The van der Waals surface area contributed by atoms with Crippen molar-refractivity contribution in [3.05, 3.63) is 59.7 Å². The van der Waals surface area contributed by atoms with Crippen molar-refractivity contribution in [1.29, 1.82) is 0 Å². The molecule has 2 aliphatic heterocycles. The summed E-state index contributed by atoms with van der Waals surface area (Å²) < 4.78 is 5.34. The van der Waals surface area contributed by atoms with Crippen molar-refractivity contribution in [1.82, 2.24) is 15.5 Å². The second-order valence-electron chi connectivity index (χ2n) is 8.67. The lowest BCUT2D eigenvalue weighted by Crippen LogP contribution is -2.41. The highest BCUT2D eigenvalue weighted by molar-refractivity contribution is 14.0. The molecular weight excluding hydrogens is 541 g/mol. The predicted octanol–water partition coefficient (Wildman–Crippen LogP) is 4.13. The molecule has 2 atom stereocenters. The fourth-order valence-corrected chi connectivity index (χ4v) is 4.73. The van der Waals surface area contributed by atoms with E-state index >= 15 is 0 Å². The lowest BCUT2D eigenvalue weighted by molar-refractivity contribution is -0.116. The van der Waals surface area contributed by atoms with Gasteiger partial charge in [-0.2, -0.15) is 0 Å². The molecule has 2 aliphatic rings. The normalized spacial score (nSPS) is 18.9. The molecule has 4 rings (SSSR count). The van der Waals surface area contributed by atoms with Crippen LogP contribution in [0, 0.1) is 0 Å². The van der Waals surface area contributed by atoms with E-state index in [9.17, 15) is 4.79 Å². The number of anilines is 1. The number of halogens is 1. The zero-order chi connectivity index (χ0) is 23.0. The summed E-state index contributed by atoms with van der Waals surface area (Å²) in [5, 5.41) is 9.83. The molecule has 2 heterocycles. The average molecular weight is 578 g/mol. The van der Waals surface area contributed by atoms with E-state index in [1.165, 1.54) is 24.0 Å². The lowest BCUT2D eigenvalue weighted by Gasteiger charge is -2.28. The highest BCUT2D eigenvalue weighted by Gasteiger charge is 2.26. The van der Waals surface area contributed by atoms with E-state index in [0.717, 1.165) is 37.0 Å². The molecule has 1 fully saturated rings. The molecule has 7 nitrogen and oxygen atoms in total. The number of methoxy groups -OCH3 is 1. The Labute approximate surface area is 219 Å². The van der Waals surface area contributed by atoms with Crippen LogP contribution in [0.2, 0.25) is 0 Å². The first-order valence-corrected chi connectivity index (χ1v) is 12.0. The molecule has 0 bridgehead atoms. The Morgan fingerprint density at radius 3 is 2.59 bits per heavy atom. The van der Waals surface area contributed by atoms with Crippen LogP contribution in [-0.4, -0.2) is 56.6 Å². The number of ether oxygens (including phenoxy) is 1. The van der Waals surface area contributed by atoms with Crippen LogP contribution in [-0.2, 0) is 4.79 Å². The van der Waals surface area contributed by atoms with Crippen molar-refractivity contribution in [3.63, 3.8) is 0 Å². The number of guanidine groups is 1. The molecule has 1 amide bonds. The Kier molecular flexibility index (Phi) is 10.0. The van der Waals surface area contributed by atoms with Gasteiger partial charge in [0.15, 0.2) is 5.96 Å². The third-order valence-electron chi connectivity index (χ3n) is 6.47. The molecule has 2 aromatic rings. The van der Waals surface area contributed by atoms with Gasteiger partial charge in [-0.1, -0.05) is 30.3 Å². The van der Waals surface area contributed by atoms with Crippen LogP contribution in [0.4, 0.5) is 5.69 Å². The smallest absolute Gasteiger partial charge is 0.225 e. The second-order valence-corrected chi connectivity index (χ2v) is 8.67. The van der Waals surface area contributed by atoms with Gasteiger partial charge in [0, 0.05) is 31.1 Å². The Hall–Kier alpha value is -2.33. The van der Waals surface area contributed by atoms with Crippen LogP contribution in [0.15, 0.2) is 53.5 Å². The van der Waals surface area contributed by atoms with Gasteiger partial charge in [0.1, 0.15) is 5.75 Å². The summed E-state index contributed by atoms with van der Waals surface area (Å²) in [6, 6.07) is 16.6. The average Bonchev–Trinajstić information content (AvgIpc) is 3.37. The summed E-state index contributed by atoms with van der Waals surface area (Å²) in [6.45, 7) is 6.39. The predicted molar refractivity (Wildman–Crippen MR) is 148 cm³/mol. The maximum absolute atomic E-state index is 12.2. The number of benzene rings is 2. The van der Waals surface area contributed by atoms with Crippen molar-refractivity contribution in [2.45, 2.75) is 38.1 Å². The topological polar surface area (TPSA) is 78.0 Å². The van der Waals surface area contributed by atoms with Crippen molar-refractivity contribution in [2.75, 3.05) is 45.2 Å². The number of nitrogens with zero attached hydrogens (tertiary/aromatic N) is 2. The molecule has 2 unspecified atom stereocenters. The molecule has 8 heteroatoms. The number of likely N-dealkylation sites (tertiary alicyclic amines) is 1. The number of hydrogen-bond donors (Lipinski definition) is 3. The Bertz CT molecular complexity index is 960. The SMILES string of the molecule is CCNC(=NCC(c1ccc(OC)cc1)N1CCCC1)NCC1CC(=O)Nc2ccccc21.I. The summed E-state index contributed by atoms with van der Waals surface area (Å²) in [4.78, 5) is 19.7. The van der Waals surface area contributed by atoms with Crippen LogP contribution in [0.3, 0.4) is 0 Å². The molecule has 184 valence electrons. The van der Waals surface area contributed by atoms with Gasteiger partial charge in [-0.15, -0.1) is 24.0 Å². The summed E-state index contributed by atoms with van der Waals surface area (Å²) >= 11 is 0. The van der Waals surface area contributed by atoms with Crippen molar-refractivity contribution < 1.29 is 9.53 Å². The van der Waals surface area contributed by atoms with Crippen LogP contribution in [0.5, 0.6) is 5.75 Å². The second kappa shape index (κ2) is 12.9. The maximum atomic E-state index is 12.2. The minimum Gasteiger partial charge on any atom is -0.497 e. The van der Waals surface area contributed by atoms with Crippen LogP contribution in [0.25, 0.3) is 0 Å². The number of carbonyl (C=O) groups is 1. The van der Waals surface area contributed by atoms with Crippen LogP contribution < -0.4 is 20.7 Å². The van der Waals surface area contributed by atoms with Crippen LogP contribution >= 0.6 is 24.0 Å². The number of carbonyl (C=O) groups excluding carboxylic acids is 1. The van der Waals surface area contributed by atoms with Gasteiger partial charge < -0.3 is 20.7 Å². The molecule has 0 spiro atoms. The number of aliphatic imine (C=N–C) groups is 1. The number of rotatable bonds is 8. The van der Waals surface area contributed by atoms with Crippen molar-refractivity contribution in [2.24, 2.45) is 4.99 Å². The minimum absolute atomic E-state index is 0. The molecule has 34 heavy (non-hydrogen) atoms. The fourth-order valence-electron chi connectivity index (χ4n) is 4.73. The Balaban J connectivity index is 0.00000324. The highest BCUT2D eigenvalue weighted by Crippen LogP contribution is 2.31. The molecule has 2 aromatic carbocycles. The Morgan fingerprint density at radius 2 is 1.88 bits per heavy atom. The zero-order valence-electron chi connectivity index (χ0n) is 20.0. The van der Waals surface area contributed by atoms with E-state index in [1.54, 1.807) is 7.11 Å². The number of nitrogens with one attached hydrogen (secondary N) is 3. The third-order valence-corrected chi connectivity index (χ3v) is 6.47.